The molecule has 0 aliphatic rings. The van der Waals surface area contributed by atoms with Crippen molar-refractivity contribution in [2.75, 3.05) is 46.4 Å². The van der Waals surface area contributed by atoms with Gasteiger partial charge in [-0.15, -0.1) is 11.3 Å². The molecule has 0 spiro atoms. The van der Waals surface area contributed by atoms with Crippen LogP contribution in [0.2, 0.25) is 0 Å². The van der Waals surface area contributed by atoms with Crippen molar-refractivity contribution in [1.29, 1.82) is 0 Å². The predicted octanol–water partition coefficient (Wildman–Crippen LogP) is 2.30. The molecule has 2 N–H and O–H groups in total. The molecule has 0 saturated heterocycles. The average Bonchev–Trinajstić information content (AvgIpc) is 3.13. The highest BCUT2D eigenvalue weighted by Crippen LogP contribution is 2.25. The maximum absolute atomic E-state index is 12.5. The van der Waals surface area contributed by atoms with Crippen molar-refractivity contribution >= 4 is 27.3 Å². The number of aliphatic imine (C=N–C) groups is 1. The fourth-order valence-electron chi connectivity index (χ4n) is 2.53. The Morgan fingerprint density at radius 2 is 1.85 bits per heavy atom. The summed E-state index contributed by atoms with van der Waals surface area (Å²) in [5.41, 5.74) is 0. The molecule has 0 bridgehead atoms. The van der Waals surface area contributed by atoms with Crippen molar-refractivity contribution in [2.24, 2.45) is 4.99 Å². The van der Waals surface area contributed by atoms with Crippen LogP contribution < -0.4 is 10.6 Å². The van der Waals surface area contributed by atoms with Crippen LogP contribution in [0.5, 0.6) is 0 Å². The number of guanidine groups is 1. The van der Waals surface area contributed by atoms with Gasteiger partial charge in [0, 0.05) is 51.3 Å². The number of nitrogens with zero attached hydrogens (tertiary/aromatic N) is 2. The molecule has 1 aromatic heterocycles. The standard InChI is InChI=1S/C18H34N4O3S2/c1-5-22(6-2)27(23,24)17-11-10-16(26-17)12-14-21-18(19-4)20-13-8-9-15-25-7-3/h10-11H,5-9,12-15H2,1-4H3,(H2,19,20,21). The first kappa shape index (κ1) is 23.9. The zero-order chi connectivity index (χ0) is 20.1. The third-order valence-corrected chi connectivity index (χ3v) is 7.70. The summed E-state index contributed by atoms with van der Waals surface area (Å²) in [6.07, 6.45) is 2.80. The molecule has 9 heteroatoms. The molecule has 0 aliphatic carbocycles. The van der Waals surface area contributed by atoms with Gasteiger partial charge in [0.2, 0.25) is 0 Å². The van der Waals surface area contributed by atoms with Crippen molar-refractivity contribution in [3.05, 3.63) is 17.0 Å². The Bertz CT molecular complexity index is 655. The van der Waals surface area contributed by atoms with Gasteiger partial charge >= 0.3 is 0 Å². The maximum atomic E-state index is 12.5. The van der Waals surface area contributed by atoms with Gasteiger partial charge in [-0.3, -0.25) is 4.99 Å². The van der Waals surface area contributed by atoms with Crippen molar-refractivity contribution in [2.45, 2.75) is 44.2 Å². The van der Waals surface area contributed by atoms with E-state index in [1.165, 1.54) is 15.6 Å². The van der Waals surface area contributed by atoms with Gasteiger partial charge in [0.1, 0.15) is 4.21 Å². The number of hydrogen-bond donors (Lipinski definition) is 2. The van der Waals surface area contributed by atoms with Crippen LogP contribution in [0.1, 0.15) is 38.5 Å². The average molecular weight is 419 g/mol. The molecule has 0 saturated carbocycles. The first-order chi connectivity index (χ1) is 13.0. The van der Waals surface area contributed by atoms with E-state index in [-0.39, 0.29) is 0 Å². The van der Waals surface area contributed by atoms with E-state index in [0.29, 0.717) is 23.8 Å². The van der Waals surface area contributed by atoms with Crippen LogP contribution in [0.15, 0.2) is 21.3 Å². The molecule has 0 fully saturated rings. The molecule has 0 aromatic carbocycles. The SMILES string of the molecule is CCOCCCCNC(=NC)NCCc1ccc(S(=O)(=O)N(CC)CC)s1. The van der Waals surface area contributed by atoms with Crippen molar-refractivity contribution < 1.29 is 13.2 Å². The minimum Gasteiger partial charge on any atom is -0.382 e. The number of rotatable bonds is 13. The Balaban J connectivity index is 2.40. The Morgan fingerprint density at radius 1 is 1.15 bits per heavy atom. The lowest BCUT2D eigenvalue weighted by molar-refractivity contribution is 0.143. The van der Waals surface area contributed by atoms with Crippen LogP contribution in [0.4, 0.5) is 0 Å². The number of thiophene rings is 1. The summed E-state index contributed by atoms with van der Waals surface area (Å²) in [6, 6.07) is 3.60. The number of unbranched alkanes of at least 4 members (excludes halogenated alkanes) is 1. The summed E-state index contributed by atoms with van der Waals surface area (Å²) in [5, 5.41) is 6.54. The van der Waals surface area contributed by atoms with Gasteiger partial charge < -0.3 is 15.4 Å². The minimum absolute atomic E-state index is 0.415. The minimum atomic E-state index is -3.36. The van der Waals surface area contributed by atoms with Gasteiger partial charge in [0.25, 0.3) is 10.0 Å². The molecule has 1 heterocycles. The molecule has 27 heavy (non-hydrogen) atoms. The van der Waals surface area contributed by atoms with Gasteiger partial charge in [-0.1, -0.05) is 13.8 Å². The van der Waals surface area contributed by atoms with Crippen molar-refractivity contribution in [3.8, 4) is 0 Å². The lowest BCUT2D eigenvalue weighted by atomic mass is 10.3. The van der Waals surface area contributed by atoms with Crippen molar-refractivity contribution in [1.82, 2.24) is 14.9 Å². The smallest absolute Gasteiger partial charge is 0.252 e. The number of sulfonamides is 1. The van der Waals surface area contributed by atoms with Crippen molar-refractivity contribution in [3.63, 3.8) is 0 Å². The van der Waals surface area contributed by atoms with Gasteiger partial charge in [0.05, 0.1) is 0 Å². The van der Waals surface area contributed by atoms with Crippen LogP contribution in [0.25, 0.3) is 0 Å². The summed E-state index contributed by atoms with van der Waals surface area (Å²) in [5.74, 6) is 0.763. The molecule has 0 amide bonds. The normalized spacial score (nSPS) is 12.6. The molecule has 1 aromatic rings. The number of nitrogens with one attached hydrogen (secondary N) is 2. The lowest BCUT2D eigenvalue weighted by Gasteiger charge is -2.16. The summed E-state index contributed by atoms with van der Waals surface area (Å²) in [7, 11) is -1.62. The summed E-state index contributed by atoms with van der Waals surface area (Å²) >= 11 is 1.34. The second-order valence-corrected chi connectivity index (χ2v) is 9.22. The lowest BCUT2D eigenvalue weighted by Crippen LogP contribution is -2.38. The predicted molar refractivity (Wildman–Crippen MR) is 113 cm³/mol. The fourth-order valence-corrected chi connectivity index (χ4v) is 5.49. The highest BCUT2D eigenvalue weighted by atomic mass is 32.2. The highest BCUT2D eigenvalue weighted by molar-refractivity contribution is 7.91. The quantitative estimate of drug-likeness (QED) is 0.292. The third-order valence-electron chi connectivity index (χ3n) is 4.04. The molecular weight excluding hydrogens is 384 g/mol. The summed E-state index contributed by atoms with van der Waals surface area (Å²) in [4.78, 5) is 5.25. The Hall–Kier alpha value is -1.16. The van der Waals surface area contributed by atoms with Gasteiger partial charge in [-0.2, -0.15) is 4.31 Å². The van der Waals surface area contributed by atoms with Crippen LogP contribution in [0, 0.1) is 0 Å². The molecule has 1 rings (SSSR count). The first-order valence-corrected chi connectivity index (χ1v) is 11.9. The van der Waals surface area contributed by atoms with Crippen LogP contribution in [0.3, 0.4) is 0 Å². The van der Waals surface area contributed by atoms with E-state index < -0.39 is 10.0 Å². The molecular formula is C18H34N4O3S2. The van der Waals surface area contributed by atoms with E-state index >= 15 is 0 Å². The second-order valence-electron chi connectivity index (χ2n) is 5.89. The van der Waals surface area contributed by atoms with E-state index in [9.17, 15) is 8.42 Å². The van der Waals surface area contributed by atoms with Gasteiger partial charge in [-0.25, -0.2) is 8.42 Å². The van der Waals surface area contributed by atoms with E-state index in [2.05, 4.69) is 15.6 Å². The maximum Gasteiger partial charge on any atom is 0.252 e. The van der Waals surface area contributed by atoms with Crippen LogP contribution in [-0.2, 0) is 21.2 Å². The van der Waals surface area contributed by atoms with Gasteiger partial charge in [-0.05, 0) is 38.3 Å². The Morgan fingerprint density at radius 3 is 2.48 bits per heavy atom. The largest absolute Gasteiger partial charge is 0.382 e. The molecule has 0 radical (unpaired) electrons. The Kier molecular flexibility index (Phi) is 11.6. The van der Waals surface area contributed by atoms with E-state index in [4.69, 9.17) is 4.74 Å². The topological polar surface area (TPSA) is 83.0 Å². The number of hydrogen-bond acceptors (Lipinski definition) is 5. The van der Waals surface area contributed by atoms with E-state index in [0.717, 1.165) is 49.9 Å². The van der Waals surface area contributed by atoms with Crippen LogP contribution in [-0.4, -0.2) is 65.1 Å². The monoisotopic (exact) mass is 418 g/mol. The van der Waals surface area contributed by atoms with Gasteiger partial charge in [0.15, 0.2) is 5.96 Å². The second kappa shape index (κ2) is 13.1. The first-order valence-electron chi connectivity index (χ1n) is 9.60. The molecule has 156 valence electrons. The molecule has 0 aliphatic heterocycles. The summed E-state index contributed by atoms with van der Waals surface area (Å²) in [6.45, 7) is 9.78. The fraction of sp³-hybridized carbons (Fsp3) is 0.722. The molecule has 7 nitrogen and oxygen atoms in total. The molecule has 0 atom stereocenters. The third kappa shape index (κ3) is 8.16. The summed E-state index contributed by atoms with van der Waals surface area (Å²) < 4.78 is 32.3. The Labute approximate surface area is 168 Å². The number of ether oxygens (including phenoxy) is 1. The van der Waals surface area contributed by atoms with Crippen LogP contribution >= 0.6 is 11.3 Å². The molecule has 0 unspecified atom stereocenters. The highest BCUT2D eigenvalue weighted by Gasteiger charge is 2.23. The van der Waals surface area contributed by atoms with E-state index in [1.807, 2.05) is 26.8 Å². The zero-order valence-corrected chi connectivity index (χ0v) is 18.6. The van der Waals surface area contributed by atoms with E-state index in [1.54, 1.807) is 13.1 Å². The zero-order valence-electron chi connectivity index (χ0n) is 17.0.